The summed E-state index contributed by atoms with van der Waals surface area (Å²) in [5, 5.41) is 0. The fraction of sp³-hybridized carbons (Fsp3) is 0.0256. The van der Waals surface area contributed by atoms with E-state index in [0.717, 1.165) is 66.8 Å². The lowest BCUT2D eigenvalue weighted by Crippen LogP contribution is -1.90. The summed E-state index contributed by atoms with van der Waals surface area (Å²) in [6.45, 7) is 2.16. The van der Waals surface area contributed by atoms with Gasteiger partial charge in [-0.3, -0.25) is 19.9 Å². The zero-order chi connectivity index (χ0) is 29.0. The third-order valence-electron chi connectivity index (χ3n) is 7.59. The molecule has 0 N–H and O–H groups in total. The second-order valence-electron chi connectivity index (χ2n) is 10.7. The zero-order valence-corrected chi connectivity index (χ0v) is 23.7. The Kier molecular flexibility index (Phi) is 7.08. The molecular formula is C39H28N4. The molecule has 0 atom stereocenters. The quantitative estimate of drug-likeness (QED) is 0.206. The van der Waals surface area contributed by atoms with Crippen molar-refractivity contribution in [3.05, 3.63) is 158 Å². The minimum absolute atomic E-state index is 1.08. The molecule has 204 valence electrons. The van der Waals surface area contributed by atoms with Crippen LogP contribution in [0.4, 0.5) is 0 Å². The highest BCUT2D eigenvalue weighted by Gasteiger charge is 2.12. The predicted molar refractivity (Wildman–Crippen MR) is 175 cm³/mol. The molecule has 4 heteroatoms. The van der Waals surface area contributed by atoms with Gasteiger partial charge in [-0.2, -0.15) is 0 Å². The SMILES string of the molecule is Cc1cc(-c2cc(-c3cccnc3)cc(-c3cccnc3)c2)cc(-c2cc(-c3cccnc3)cc(-c3cccnc3)c2)c1. The standard InChI is InChI=1S/C39H28N4/c1-27-14-32(38-19-34(28-6-2-10-40-23-28)17-35(20-38)29-7-3-11-41-24-29)16-33(15-27)39-21-36(30-8-4-12-42-25-30)18-37(22-39)31-9-5-13-43-26-31/h2-26H,1H3. The number of aromatic nitrogens is 4. The Bertz CT molecular complexity index is 1750. The molecule has 43 heavy (non-hydrogen) atoms. The number of rotatable bonds is 6. The summed E-state index contributed by atoms with van der Waals surface area (Å²) in [6, 6.07) is 36.6. The maximum atomic E-state index is 4.38. The van der Waals surface area contributed by atoms with Gasteiger partial charge in [0.1, 0.15) is 0 Å². The smallest absolute Gasteiger partial charge is 0.0346 e. The van der Waals surface area contributed by atoms with Gasteiger partial charge in [-0.05, 0) is 124 Å². The Morgan fingerprint density at radius 2 is 0.535 bits per heavy atom. The summed E-state index contributed by atoms with van der Waals surface area (Å²) in [7, 11) is 0. The van der Waals surface area contributed by atoms with Crippen molar-refractivity contribution >= 4 is 0 Å². The maximum absolute atomic E-state index is 4.38. The summed E-state index contributed by atoms with van der Waals surface area (Å²) in [4.78, 5) is 17.5. The van der Waals surface area contributed by atoms with E-state index in [2.05, 4.69) is 106 Å². The van der Waals surface area contributed by atoms with Gasteiger partial charge >= 0.3 is 0 Å². The summed E-state index contributed by atoms with van der Waals surface area (Å²) in [6.07, 6.45) is 14.9. The Morgan fingerprint density at radius 1 is 0.302 bits per heavy atom. The van der Waals surface area contributed by atoms with E-state index in [1.54, 1.807) is 0 Å². The normalized spacial score (nSPS) is 10.9. The van der Waals surface area contributed by atoms with Crippen molar-refractivity contribution in [2.24, 2.45) is 0 Å². The third kappa shape index (κ3) is 5.72. The van der Waals surface area contributed by atoms with Crippen molar-refractivity contribution < 1.29 is 0 Å². The number of hydrogen-bond acceptors (Lipinski definition) is 4. The van der Waals surface area contributed by atoms with Crippen molar-refractivity contribution in [2.75, 3.05) is 0 Å². The van der Waals surface area contributed by atoms with Crippen LogP contribution in [0.3, 0.4) is 0 Å². The molecule has 0 fully saturated rings. The molecule has 0 saturated carbocycles. The van der Waals surface area contributed by atoms with Gasteiger partial charge < -0.3 is 0 Å². The number of pyridine rings is 4. The third-order valence-corrected chi connectivity index (χ3v) is 7.59. The Hall–Kier alpha value is -5.74. The number of aryl methyl sites for hydroxylation is 1. The van der Waals surface area contributed by atoms with Crippen LogP contribution < -0.4 is 0 Å². The van der Waals surface area contributed by atoms with E-state index in [1.165, 1.54) is 5.56 Å². The van der Waals surface area contributed by atoms with Crippen molar-refractivity contribution in [3.8, 4) is 66.8 Å². The van der Waals surface area contributed by atoms with Crippen LogP contribution in [0.2, 0.25) is 0 Å². The molecule has 3 aromatic carbocycles. The number of nitrogens with zero attached hydrogens (tertiary/aromatic N) is 4. The van der Waals surface area contributed by atoms with E-state index in [-0.39, 0.29) is 0 Å². The van der Waals surface area contributed by atoms with Gasteiger partial charge in [0, 0.05) is 71.8 Å². The van der Waals surface area contributed by atoms with Crippen LogP contribution in [0, 0.1) is 6.92 Å². The largest absolute Gasteiger partial charge is 0.264 e. The van der Waals surface area contributed by atoms with Gasteiger partial charge in [0.25, 0.3) is 0 Å². The molecule has 4 nitrogen and oxygen atoms in total. The van der Waals surface area contributed by atoms with E-state index >= 15 is 0 Å². The monoisotopic (exact) mass is 552 g/mol. The first-order chi connectivity index (χ1) is 21.2. The summed E-state index contributed by atoms with van der Waals surface area (Å²) in [5.74, 6) is 0. The van der Waals surface area contributed by atoms with Gasteiger partial charge in [0.05, 0.1) is 0 Å². The molecule has 0 unspecified atom stereocenters. The second kappa shape index (κ2) is 11.6. The highest BCUT2D eigenvalue weighted by Crippen LogP contribution is 2.37. The fourth-order valence-corrected chi connectivity index (χ4v) is 5.51. The topological polar surface area (TPSA) is 51.6 Å². The molecule has 0 saturated heterocycles. The molecule has 0 radical (unpaired) electrons. The van der Waals surface area contributed by atoms with Crippen molar-refractivity contribution in [2.45, 2.75) is 6.92 Å². The summed E-state index contributed by atoms with van der Waals surface area (Å²) in [5.41, 5.74) is 14.5. The van der Waals surface area contributed by atoms with Crippen LogP contribution in [0.25, 0.3) is 66.8 Å². The van der Waals surface area contributed by atoms with Crippen molar-refractivity contribution in [1.29, 1.82) is 0 Å². The first-order valence-electron chi connectivity index (χ1n) is 14.2. The molecular weight excluding hydrogens is 524 g/mol. The van der Waals surface area contributed by atoms with Gasteiger partial charge in [-0.25, -0.2) is 0 Å². The van der Waals surface area contributed by atoms with Crippen LogP contribution in [0.5, 0.6) is 0 Å². The lowest BCUT2D eigenvalue weighted by atomic mass is 9.90. The highest BCUT2D eigenvalue weighted by atomic mass is 14.6. The molecule has 0 bridgehead atoms. The minimum atomic E-state index is 1.08. The first-order valence-corrected chi connectivity index (χ1v) is 14.2. The zero-order valence-electron chi connectivity index (χ0n) is 23.7. The second-order valence-corrected chi connectivity index (χ2v) is 10.7. The number of hydrogen-bond donors (Lipinski definition) is 0. The van der Waals surface area contributed by atoms with Gasteiger partial charge in [0.15, 0.2) is 0 Å². The van der Waals surface area contributed by atoms with E-state index < -0.39 is 0 Å². The molecule has 4 aromatic heterocycles. The van der Waals surface area contributed by atoms with E-state index in [1.807, 2.05) is 73.8 Å². The molecule has 7 aromatic rings. The van der Waals surface area contributed by atoms with E-state index in [0.29, 0.717) is 0 Å². The van der Waals surface area contributed by atoms with Crippen molar-refractivity contribution in [3.63, 3.8) is 0 Å². The molecule has 0 spiro atoms. The van der Waals surface area contributed by atoms with E-state index in [9.17, 15) is 0 Å². The van der Waals surface area contributed by atoms with Crippen molar-refractivity contribution in [1.82, 2.24) is 19.9 Å². The minimum Gasteiger partial charge on any atom is -0.264 e. The molecule has 0 aliphatic heterocycles. The average Bonchev–Trinajstić information content (AvgIpc) is 3.09. The Balaban J connectivity index is 1.40. The predicted octanol–water partition coefficient (Wildman–Crippen LogP) is 9.58. The summed E-state index contributed by atoms with van der Waals surface area (Å²) < 4.78 is 0. The number of benzene rings is 3. The van der Waals surface area contributed by atoms with Crippen LogP contribution in [-0.2, 0) is 0 Å². The van der Waals surface area contributed by atoms with Gasteiger partial charge in [0.2, 0.25) is 0 Å². The lowest BCUT2D eigenvalue weighted by Gasteiger charge is -2.15. The summed E-state index contributed by atoms with van der Waals surface area (Å²) >= 11 is 0. The fourth-order valence-electron chi connectivity index (χ4n) is 5.51. The highest BCUT2D eigenvalue weighted by molar-refractivity contribution is 5.85. The lowest BCUT2D eigenvalue weighted by molar-refractivity contribution is 1.32. The van der Waals surface area contributed by atoms with Crippen LogP contribution >= 0.6 is 0 Å². The Labute approximate surface area is 251 Å². The van der Waals surface area contributed by atoms with Gasteiger partial charge in [-0.15, -0.1) is 0 Å². The molecule has 7 rings (SSSR count). The molecule has 4 heterocycles. The average molecular weight is 553 g/mol. The van der Waals surface area contributed by atoms with Crippen LogP contribution in [0.1, 0.15) is 5.56 Å². The Morgan fingerprint density at radius 3 is 0.767 bits per heavy atom. The van der Waals surface area contributed by atoms with Gasteiger partial charge in [-0.1, -0.05) is 36.4 Å². The molecule has 0 amide bonds. The van der Waals surface area contributed by atoms with E-state index in [4.69, 9.17) is 0 Å². The molecule has 0 aliphatic carbocycles. The molecule has 0 aliphatic rings. The maximum Gasteiger partial charge on any atom is 0.0346 e. The van der Waals surface area contributed by atoms with Crippen LogP contribution in [0.15, 0.2) is 153 Å². The van der Waals surface area contributed by atoms with Crippen LogP contribution in [-0.4, -0.2) is 19.9 Å². The first kappa shape index (κ1) is 26.2.